The van der Waals surface area contributed by atoms with Gasteiger partial charge in [-0.25, -0.2) is 9.59 Å². The normalized spacial score (nSPS) is 20.4. The van der Waals surface area contributed by atoms with Crippen LogP contribution in [0, 0.1) is 0 Å². The molecule has 7 nitrogen and oxygen atoms in total. The maximum Gasteiger partial charge on any atom is 0.338 e. The van der Waals surface area contributed by atoms with Crippen molar-refractivity contribution in [3.8, 4) is 11.5 Å². The lowest BCUT2D eigenvalue weighted by Crippen LogP contribution is -2.44. The van der Waals surface area contributed by atoms with E-state index >= 15 is 0 Å². The summed E-state index contributed by atoms with van der Waals surface area (Å²) >= 11 is 0. The van der Waals surface area contributed by atoms with Gasteiger partial charge in [0.2, 0.25) is 0 Å². The third-order valence-electron chi connectivity index (χ3n) is 3.47. The average Bonchev–Trinajstić information content (AvgIpc) is 2.87. The van der Waals surface area contributed by atoms with Crippen LogP contribution in [-0.2, 0) is 9.53 Å². The molecule has 0 saturated heterocycles. The molecule has 7 heteroatoms. The topological polar surface area (TPSA) is 85.9 Å². The number of methoxy groups -OCH3 is 2. The van der Waals surface area contributed by atoms with Gasteiger partial charge in [0.25, 0.3) is 0 Å². The molecule has 2 heterocycles. The molecule has 2 N–H and O–H groups in total. The number of ether oxygens (including phenoxy) is 3. The largest absolute Gasteiger partial charge is 0.497 e. The number of benzene rings is 1. The van der Waals surface area contributed by atoms with Crippen LogP contribution < -0.4 is 20.1 Å². The van der Waals surface area contributed by atoms with Gasteiger partial charge in [0.1, 0.15) is 18.1 Å². The van der Waals surface area contributed by atoms with E-state index in [1.54, 1.807) is 25.3 Å². The van der Waals surface area contributed by atoms with Gasteiger partial charge in [0.15, 0.2) is 0 Å². The van der Waals surface area contributed by atoms with E-state index in [9.17, 15) is 9.59 Å². The van der Waals surface area contributed by atoms with E-state index in [1.165, 1.54) is 7.11 Å². The summed E-state index contributed by atoms with van der Waals surface area (Å²) in [5.74, 6) is 0.703. The van der Waals surface area contributed by atoms with Gasteiger partial charge in [-0.05, 0) is 18.2 Å². The van der Waals surface area contributed by atoms with Crippen LogP contribution in [0.15, 0.2) is 29.5 Å². The van der Waals surface area contributed by atoms with Crippen LogP contribution in [0.1, 0.15) is 11.6 Å². The fourth-order valence-electron chi connectivity index (χ4n) is 2.49. The molecule has 1 aromatic carbocycles. The van der Waals surface area contributed by atoms with Crippen LogP contribution in [0.2, 0.25) is 0 Å². The fourth-order valence-corrected chi connectivity index (χ4v) is 2.49. The Morgan fingerprint density at radius 1 is 1.24 bits per heavy atom. The lowest BCUT2D eigenvalue weighted by molar-refractivity contribution is -0.136. The predicted octanol–water partition coefficient (Wildman–Crippen LogP) is 0.869. The third kappa shape index (κ3) is 2.16. The highest BCUT2D eigenvalue weighted by molar-refractivity contribution is 5.97. The van der Waals surface area contributed by atoms with Crippen LogP contribution >= 0.6 is 0 Å². The van der Waals surface area contributed by atoms with E-state index < -0.39 is 12.0 Å². The number of amides is 2. The molecular formula is C14H14N2O5. The average molecular weight is 290 g/mol. The Morgan fingerprint density at radius 2 is 2.05 bits per heavy atom. The molecule has 0 aliphatic carbocycles. The lowest BCUT2D eigenvalue weighted by Gasteiger charge is -2.26. The molecule has 0 aromatic heterocycles. The van der Waals surface area contributed by atoms with E-state index in [1.807, 2.05) is 0 Å². The zero-order chi connectivity index (χ0) is 15.0. The predicted molar refractivity (Wildman–Crippen MR) is 71.9 cm³/mol. The molecule has 0 fully saturated rings. The molecule has 1 atom stereocenters. The lowest BCUT2D eigenvalue weighted by atomic mass is 9.95. The molecule has 2 amide bonds. The molecule has 21 heavy (non-hydrogen) atoms. The number of nitrogens with one attached hydrogen (secondary N) is 2. The second-order valence-electron chi connectivity index (χ2n) is 4.61. The minimum atomic E-state index is -0.631. The molecule has 3 rings (SSSR count). The molecule has 110 valence electrons. The quantitative estimate of drug-likeness (QED) is 0.807. The first-order chi connectivity index (χ1) is 10.1. The summed E-state index contributed by atoms with van der Waals surface area (Å²) < 4.78 is 15.5. The highest BCUT2D eigenvalue weighted by atomic mass is 16.5. The molecule has 1 aromatic rings. The van der Waals surface area contributed by atoms with E-state index in [2.05, 4.69) is 10.6 Å². The standard InChI is InChI=1S/C14H14N2O5/c1-19-7-3-4-10(20-2)8(5-7)12-11-9(6-21-13(11)17)15-14(18)16-12/h3-5,12H,6H2,1-2H3,(H2,15,16,18)/t12-/m1/s1. The number of cyclic esters (lactones) is 1. The van der Waals surface area contributed by atoms with E-state index in [4.69, 9.17) is 14.2 Å². The summed E-state index contributed by atoms with van der Waals surface area (Å²) in [5.41, 5.74) is 1.51. The van der Waals surface area contributed by atoms with Gasteiger partial charge in [-0.1, -0.05) is 0 Å². The van der Waals surface area contributed by atoms with Crippen molar-refractivity contribution in [2.24, 2.45) is 0 Å². The zero-order valence-corrected chi connectivity index (χ0v) is 11.6. The van der Waals surface area contributed by atoms with Gasteiger partial charge in [0, 0.05) is 5.56 Å². The van der Waals surface area contributed by atoms with Crippen molar-refractivity contribution in [1.82, 2.24) is 10.6 Å². The first-order valence-corrected chi connectivity index (χ1v) is 6.33. The van der Waals surface area contributed by atoms with Crippen molar-refractivity contribution in [2.45, 2.75) is 6.04 Å². The summed E-state index contributed by atoms with van der Waals surface area (Å²) in [5, 5.41) is 5.30. The second-order valence-corrected chi connectivity index (χ2v) is 4.61. The van der Waals surface area contributed by atoms with Crippen molar-refractivity contribution >= 4 is 12.0 Å². The highest BCUT2D eigenvalue weighted by Crippen LogP contribution is 2.37. The van der Waals surface area contributed by atoms with Crippen molar-refractivity contribution in [1.29, 1.82) is 0 Å². The van der Waals surface area contributed by atoms with Gasteiger partial charge in [-0.2, -0.15) is 0 Å². The van der Waals surface area contributed by atoms with E-state index in [0.717, 1.165) is 0 Å². The monoisotopic (exact) mass is 290 g/mol. The third-order valence-corrected chi connectivity index (χ3v) is 3.47. The van der Waals surface area contributed by atoms with E-state index in [-0.39, 0.29) is 12.6 Å². The van der Waals surface area contributed by atoms with Crippen molar-refractivity contribution < 1.29 is 23.8 Å². The van der Waals surface area contributed by atoms with E-state index in [0.29, 0.717) is 28.3 Å². The summed E-state index contributed by atoms with van der Waals surface area (Å²) in [6.45, 7) is 0.0738. The SMILES string of the molecule is COc1ccc(OC)c([C@H]2NC(=O)NC3=C2C(=O)OC3)c1. The number of carbonyl (C=O) groups excluding carboxylic acids is 2. The van der Waals surface area contributed by atoms with Crippen LogP contribution in [0.4, 0.5) is 4.79 Å². The Bertz CT molecular complexity index is 653. The van der Waals surface area contributed by atoms with Gasteiger partial charge < -0.3 is 24.8 Å². The smallest absolute Gasteiger partial charge is 0.338 e. The maximum atomic E-state index is 11.9. The zero-order valence-electron chi connectivity index (χ0n) is 11.6. The van der Waals surface area contributed by atoms with Gasteiger partial charge in [0.05, 0.1) is 31.5 Å². The summed E-state index contributed by atoms with van der Waals surface area (Å²) in [7, 11) is 3.07. The van der Waals surface area contributed by atoms with Gasteiger partial charge in [-0.3, -0.25) is 0 Å². The summed E-state index contributed by atoms with van der Waals surface area (Å²) in [6.07, 6.45) is 0. The fraction of sp³-hybridized carbons (Fsp3) is 0.286. The molecule has 2 aliphatic heterocycles. The Labute approximate surface area is 120 Å². The van der Waals surface area contributed by atoms with Crippen LogP contribution in [0.5, 0.6) is 11.5 Å². The number of urea groups is 1. The number of carbonyl (C=O) groups is 2. The molecular weight excluding hydrogens is 276 g/mol. The summed E-state index contributed by atoms with van der Waals surface area (Å²) in [6, 6.07) is 4.18. The van der Waals surface area contributed by atoms with Crippen molar-refractivity contribution in [3.63, 3.8) is 0 Å². The number of hydrogen-bond acceptors (Lipinski definition) is 5. The van der Waals surface area contributed by atoms with Gasteiger partial charge >= 0.3 is 12.0 Å². The minimum Gasteiger partial charge on any atom is -0.497 e. The molecule has 2 aliphatic rings. The molecule has 0 radical (unpaired) electrons. The van der Waals surface area contributed by atoms with Crippen LogP contribution in [-0.4, -0.2) is 32.8 Å². The first-order valence-electron chi connectivity index (χ1n) is 6.33. The molecule has 0 spiro atoms. The second kappa shape index (κ2) is 5.01. The first kappa shape index (κ1) is 13.3. The molecule has 0 unspecified atom stereocenters. The number of hydrogen-bond donors (Lipinski definition) is 2. The number of esters is 1. The Morgan fingerprint density at radius 3 is 2.76 bits per heavy atom. The van der Waals surface area contributed by atoms with Crippen LogP contribution in [0.25, 0.3) is 0 Å². The Hall–Kier alpha value is -2.70. The highest BCUT2D eigenvalue weighted by Gasteiger charge is 2.39. The van der Waals surface area contributed by atoms with Gasteiger partial charge in [-0.15, -0.1) is 0 Å². The van der Waals surface area contributed by atoms with Crippen molar-refractivity contribution in [3.05, 3.63) is 35.0 Å². The van der Waals surface area contributed by atoms with Crippen molar-refractivity contribution in [2.75, 3.05) is 20.8 Å². The molecule has 0 saturated carbocycles. The Kier molecular flexibility index (Phi) is 3.17. The summed E-state index contributed by atoms with van der Waals surface area (Å²) in [4.78, 5) is 23.7. The van der Waals surface area contributed by atoms with Crippen LogP contribution in [0.3, 0.4) is 0 Å². The minimum absolute atomic E-state index is 0.0738. The Balaban J connectivity index is 2.12. The number of rotatable bonds is 3. The maximum absolute atomic E-state index is 11.9. The molecule has 0 bridgehead atoms.